The Morgan fingerprint density at radius 3 is 2.76 bits per heavy atom. The summed E-state index contributed by atoms with van der Waals surface area (Å²) in [5.74, 6) is 0. The second kappa shape index (κ2) is 5.17. The van der Waals surface area contributed by atoms with Gasteiger partial charge >= 0.3 is 0 Å². The van der Waals surface area contributed by atoms with E-state index >= 15 is 0 Å². The van der Waals surface area contributed by atoms with Gasteiger partial charge in [0.2, 0.25) is 0 Å². The number of hydrogen-bond donors (Lipinski definition) is 2. The number of benzene rings is 1. The second-order valence-corrected chi connectivity index (χ2v) is 5.04. The summed E-state index contributed by atoms with van der Waals surface area (Å²) in [6.07, 6.45) is 0.576. The van der Waals surface area contributed by atoms with E-state index in [0.717, 1.165) is 18.5 Å². The van der Waals surface area contributed by atoms with E-state index in [-0.39, 0.29) is 12.1 Å². The molecule has 0 saturated carbocycles. The molecule has 1 aliphatic heterocycles. The first kappa shape index (κ1) is 12.6. The summed E-state index contributed by atoms with van der Waals surface area (Å²) < 4.78 is 0. The number of nitrogens with two attached hydrogens (primary N) is 1. The lowest BCUT2D eigenvalue weighted by molar-refractivity contribution is 0.100. The fourth-order valence-electron chi connectivity index (χ4n) is 2.77. The zero-order chi connectivity index (χ0) is 12.4. The Balaban J connectivity index is 2.36. The molecule has 0 aliphatic carbocycles. The van der Waals surface area contributed by atoms with Crippen LogP contribution in [-0.2, 0) is 6.54 Å². The molecule has 1 aromatic carbocycles. The van der Waals surface area contributed by atoms with E-state index < -0.39 is 0 Å². The van der Waals surface area contributed by atoms with Gasteiger partial charge in [0.15, 0.2) is 0 Å². The van der Waals surface area contributed by atoms with Crippen LogP contribution in [0.2, 0.25) is 0 Å². The molecule has 1 saturated heterocycles. The molecule has 0 aromatic heterocycles. The van der Waals surface area contributed by atoms with Gasteiger partial charge < -0.3 is 10.8 Å². The number of hydrogen-bond acceptors (Lipinski definition) is 3. The van der Waals surface area contributed by atoms with Crippen LogP contribution in [0.15, 0.2) is 24.3 Å². The monoisotopic (exact) mass is 234 g/mol. The van der Waals surface area contributed by atoms with Crippen molar-refractivity contribution < 1.29 is 5.11 Å². The van der Waals surface area contributed by atoms with Gasteiger partial charge in [-0.15, -0.1) is 0 Å². The summed E-state index contributed by atoms with van der Waals surface area (Å²) >= 11 is 0. The van der Waals surface area contributed by atoms with Crippen molar-refractivity contribution in [3.8, 4) is 0 Å². The van der Waals surface area contributed by atoms with Gasteiger partial charge in [0.25, 0.3) is 0 Å². The average molecular weight is 234 g/mol. The molecule has 0 spiro atoms. The normalized spacial score (nSPS) is 25.7. The van der Waals surface area contributed by atoms with Gasteiger partial charge in [0, 0.05) is 19.1 Å². The fraction of sp³-hybridized carbons (Fsp3) is 0.571. The third kappa shape index (κ3) is 2.37. The molecule has 2 rings (SSSR count). The Morgan fingerprint density at radius 2 is 2.12 bits per heavy atom. The second-order valence-electron chi connectivity index (χ2n) is 5.04. The Bertz CT molecular complexity index is 378. The Morgan fingerprint density at radius 1 is 1.41 bits per heavy atom. The van der Waals surface area contributed by atoms with Gasteiger partial charge in [-0.05, 0) is 31.4 Å². The summed E-state index contributed by atoms with van der Waals surface area (Å²) in [5.41, 5.74) is 8.12. The molecule has 2 unspecified atom stereocenters. The highest BCUT2D eigenvalue weighted by atomic mass is 16.3. The van der Waals surface area contributed by atoms with Gasteiger partial charge in [0.1, 0.15) is 0 Å². The molecule has 2 atom stereocenters. The molecular formula is C14H22N2O. The Hall–Kier alpha value is -0.900. The third-order valence-electron chi connectivity index (χ3n) is 3.66. The smallest absolute Gasteiger partial charge is 0.0749 e. The summed E-state index contributed by atoms with van der Waals surface area (Å²) in [4.78, 5) is 2.36. The van der Waals surface area contributed by atoms with Gasteiger partial charge in [-0.3, -0.25) is 4.90 Å². The number of aliphatic hydroxyl groups excluding tert-OH is 1. The van der Waals surface area contributed by atoms with Crippen LogP contribution in [0.4, 0.5) is 0 Å². The van der Waals surface area contributed by atoms with Crippen molar-refractivity contribution in [2.45, 2.75) is 45.0 Å². The van der Waals surface area contributed by atoms with Crippen molar-refractivity contribution in [3.63, 3.8) is 0 Å². The summed E-state index contributed by atoms with van der Waals surface area (Å²) in [7, 11) is 0. The first-order valence-corrected chi connectivity index (χ1v) is 6.36. The quantitative estimate of drug-likeness (QED) is 0.836. The van der Waals surface area contributed by atoms with E-state index in [9.17, 15) is 5.11 Å². The molecular weight excluding hydrogens is 212 g/mol. The largest absolute Gasteiger partial charge is 0.391 e. The van der Waals surface area contributed by atoms with Gasteiger partial charge in [-0.25, -0.2) is 0 Å². The molecule has 1 heterocycles. The average Bonchev–Trinajstić information content (AvgIpc) is 2.71. The lowest BCUT2D eigenvalue weighted by Gasteiger charge is -2.31. The summed E-state index contributed by atoms with van der Waals surface area (Å²) in [6.45, 7) is 5.85. The molecule has 1 aliphatic rings. The maximum Gasteiger partial charge on any atom is 0.0749 e. The topological polar surface area (TPSA) is 49.5 Å². The molecule has 3 N–H and O–H groups in total. The molecule has 94 valence electrons. The number of nitrogens with zero attached hydrogens (tertiary/aromatic N) is 1. The van der Waals surface area contributed by atoms with Crippen LogP contribution in [0, 0.1) is 0 Å². The molecule has 3 nitrogen and oxygen atoms in total. The zero-order valence-electron chi connectivity index (χ0n) is 10.6. The van der Waals surface area contributed by atoms with Gasteiger partial charge in [-0.1, -0.05) is 24.3 Å². The van der Waals surface area contributed by atoms with E-state index in [0.29, 0.717) is 12.6 Å². The van der Waals surface area contributed by atoms with Crippen LogP contribution in [0.5, 0.6) is 0 Å². The van der Waals surface area contributed by atoms with E-state index in [4.69, 9.17) is 5.73 Å². The predicted molar refractivity (Wildman–Crippen MR) is 69.5 cm³/mol. The highest BCUT2D eigenvalue weighted by Crippen LogP contribution is 2.35. The van der Waals surface area contributed by atoms with Crippen LogP contribution in [0.3, 0.4) is 0 Å². The molecule has 0 radical (unpaired) electrons. The third-order valence-corrected chi connectivity index (χ3v) is 3.66. The predicted octanol–water partition coefficient (Wildman–Crippen LogP) is 1.66. The Kier molecular flexibility index (Phi) is 3.82. The van der Waals surface area contributed by atoms with E-state index in [2.05, 4.69) is 30.9 Å². The van der Waals surface area contributed by atoms with E-state index in [1.807, 2.05) is 12.1 Å². The van der Waals surface area contributed by atoms with Crippen LogP contribution in [-0.4, -0.2) is 28.7 Å². The fourth-order valence-corrected chi connectivity index (χ4v) is 2.77. The van der Waals surface area contributed by atoms with Crippen molar-refractivity contribution in [1.82, 2.24) is 4.90 Å². The first-order valence-electron chi connectivity index (χ1n) is 6.36. The number of rotatable bonds is 3. The minimum Gasteiger partial charge on any atom is -0.391 e. The lowest BCUT2D eigenvalue weighted by Crippen LogP contribution is -2.33. The van der Waals surface area contributed by atoms with Crippen molar-refractivity contribution in [2.75, 3.05) is 6.54 Å². The molecule has 0 amide bonds. The van der Waals surface area contributed by atoms with Crippen LogP contribution >= 0.6 is 0 Å². The summed E-state index contributed by atoms with van der Waals surface area (Å²) in [6, 6.07) is 8.73. The van der Waals surface area contributed by atoms with Gasteiger partial charge in [-0.2, -0.15) is 0 Å². The van der Waals surface area contributed by atoms with E-state index in [1.54, 1.807) is 0 Å². The molecule has 0 bridgehead atoms. The molecule has 17 heavy (non-hydrogen) atoms. The van der Waals surface area contributed by atoms with Crippen LogP contribution in [0.25, 0.3) is 0 Å². The zero-order valence-corrected chi connectivity index (χ0v) is 10.6. The molecule has 3 heteroatoms. The highest BCUT2D eigenvalue weighted by Gasteiger charge is 2.36. The Labute approximate surface area is 103 Å². The van der Waals surface area contributed by atoms with Crippen molar-refractivity contribution in [3.05, 3.63) is 35.4 Å². The van der Waals surface area contributed by atoms with Crippen molar-refractivity contribution >= 4 is 0 Å². The van der Waals surface area contributed by atoms with Crippen LogP contribution < -0.4 is 5.73 Å². The SMILES string of the molecule is CC(C)N1CCC(O)C1c1ccccc1CN. The molecule has 1 fully saturated rings. The standard InChI is InChI=1S/C14H22N2O/c1-10(2)16-8-7-13(17)14(16)12-6-4-3-5-11(12)9-15/h3-6,10,13-14,17H,7-9,15H2,1-2H3. The summed E-state index contributed by atoms with van der Waals surface area (Å²) in [5, 5.41) is 10.2. The maximum atomic E-state index is 10.2. The van der Waals surface area contributed by atoms with Crippen molar-refractivity contribution in [1.29, 1.82) is 0 Å². The highest BCUT2D eigenvalue weighted by molar-refractivity contribution is 5.31. The minimum absolute atomic E-state index is 0.106. The van der Waals surface area contributed by atoms with Crippen molar-refractivity contribution in [2.24, 2.45) is 5.73 Å². The van der Waals surface area contributed by atoms with Gasteiger partial charge in [0.05, 0.1) is 12.1 Å². The number of aliphatic hydroxyl groups is 1. The molecule has 1 aromatic rings. The number of likely N-dealkylation sites (tertiary alicyclic amines) is 1. The minimum atomic E-state index is -0.273. The first-order chi connectivity index (χ1) is 8.15. The van der Waals surface area contributed by atoms with Crippen LogP contribution in [0.1, 0.15) is 37.4 Å². The maximum absolute atomic E-state index is 10.2. The lowest BCUT2D eigenvalue weighted by atomic mass is 9.96. The van der Waals surface area contributed by atoms with E-state index in [1.165, 1.54) is 5.56 Å².